The van der Waals surface area contributed by atoms with Crippen LogP contribution >= 0.6 is 46.3 Å². The average molecular weight is 1020 g/mol. The van der Waals surface area contributed by atoms with E-state index < -0.39 is 68.6 Å². The molecule has 1 heterocycles. The largest absolute Gasteiger partial charge is 0.475 e. The third-order valence-corrected chi connectivity index (χ3v) is 12.9. The Bertz CT molecular complexity index is 3330. The molecule has 21 heteroatoms. The second-order valence-corrected chi connectivity index (χ2v) is 19.5. The molecule has 0 saturated heterocycles. The summed E-state index contributed by atoms with van der Waals surface area (Å²) in [6.45, 7) is 3.26. The van der Waals surface area contributed by atoms with Gasteiger partial charge in [0.15, 0.2) is 11.6 Å². The number of nitrogens with one attached hydrogen (secondary N) is 2. The molecule has 6 aromatic carbocycles. The number of rotatable bonds is 15. The van der Waals surface area contributed by atoms with Gasteiger partial charge in [0.1, 0.15) is 11.5 Å². The molecule has 4 N–H and O–H groups in total. The van der Waals surface area contributed by atoms with E-state index in [-0.39, 0.29) is 70.3 Å². The van der Waals surface area contributed by atoms with Crippen LogP contribution in [0.25, 0.3) is 10.2 Å². The molecule has 7 rings (SSSR count). The van der Waals surface area contributed by atoms with Crippen molar-refractivity contribution in [2.45, 2.75) is 41.4 Å². The molecule has 346 valence electrons. The fraction of sp³-hybridized carbons (Fsp3) is 0.106. The number of thioether (sulfide) groups is 1. The minimum absolute atomic E-state index is 0.0175. The van der Waals surface area contributed by atoms with E-state index in [0.717, 1.165) is 34.0 Å². The third-order valence-electron chi connectivity index (χ3n) is 9.80. The van der Waals surface area contributed by atoms with Gasteiger partial charge in [-0.25, -0.2) is 18.5 Å². The van der Waals surface area contributed by atoms with Gasteiger partial charge < -0.3 is 20.1 Å². The molecular formula is C47H32Cl2F3N5O8S3. The monoisotopic (exact) mass is 1020 g/mol. The smallest absolute Gasteiger partial charge is 0.446 e. The molecule has 0 bridgehead atoms. The Kier molecular flexibility index (Phi) is 14.6. The Balaban J connectivity index is 1.38. The van der Waals surface area contributed by atoms with Crippen molar-refractivity contribution in [1.29, 1.82) is 5.26 Å². The SMILES string of the molecule is Cc1nc2cc(NC(=O)C(Oc3ccc(Cl)cc3C(=O)c3cccc(C#N)c3)C(Oc3ccc(Cl)cc3C(=O)c3cccc(SC(F)(F)F)c3)C(=O)Nc3ccc(S(N)(=O)=O)cc3C)ccc2s1. The van der Waals surface area contributed by atoms with Gasteiger partial charge in [0.2, 0.25) is 22.2 Å². The van der Waals surface area contributed by atoms with Gasteiger partial charge in [-0.3, -0.25) is 19.2 Å². The normalized spacial score (nSPS) is 12.4. The van der Waals surface area contributed by atoms with E-state index in [4.69, 9.17) is 37.8 Å². The maximum absolute atomic E-state index is 14.9. The number of amides is 2. The van der Waals surface area contributed by atoms with Crippen LogP contribution in [0.3, 0.4) is 0 Å². The third kappa shape index (κ3) is 11.8. The number of nitrogens with two attached hydrogens (primary N) is 1. The number of aromatic nitrogens is 1. The lowest BCUT2D eigenvalue weighted by atomic mass is 10.0. The zero-order valence-electron chi connectivity index (χ0n) is 35.1. The van der Waals surface area contributed by atoms with Crippen molar-refractivity contribution < 1.29 is 50.2 Å². The summed E-state index contributed by atoms with van der Waals surface area (Å²) < 4.78 is 78.1. The highest BCUT2D eigenvalue weighted by atomic mass is 35.5. The Hall–Kier alpha value is -6.79. The lowest BCUT2D eigenvalue weighted by molar-refractivity contribution is -0.136. The second kappa shape index (κ2) is 20.2. The Morgan fingerprint density at radius 1 is 0.765 bits per heavy atom. The van der Waals surface area contributed by atoms with Gasteiger partial charge >= 0.3 is 5.51 Å². The number of anilines is 2. The number of sulfonamides is 1. The van der Waals surface area contributed by atoms with E-state index in [1.54, 1.807) is 25.1 Å². The van der Waals surface area contributed by atoms with Crippen molar-refractivity contribution >= 4 is 101 Å². The molecule has 1 aromatic heterocycles. The summed E-state index contributed by atoms with van der Waals surface area (Å²) in [5, 5.41) is 21.0. The molecule has 0 aliphatic heterocycles. The summed E-state index contributed by atoms with van der Waals surface area (Å²) in [6.07, 6.45) is -4.27. The van der Waals surface area contributed by atoms with Crippen LogP contribution in [0.1, 0.15) is 48.0 Å². The molecule has 0 spiro atoms. The van der Waals surface area contributed by atoms with Crippen molar-refractivity contribution in [2.75, 3.05) is 10.6 Å². The van der Waals surface area contributed by atoms with Crippen LogP contribution < -0.4 is 25.2 Å². The first-order valence-corrected chi connectivity index (χ1v) is 23.6. The predicted molar refractivity (Wildman–Crippen MR) is 252 cm³/mol. The fourth-order valence-electron chi connectivity index (χ4n) is 6.71. The van der Waals surface area contributed by atoms with Crippen LogP contribution in [-0.2, 0) is 19.6 Å². The molecular weight excluding hydrogens is 987 g/mol. The number of ether oxygens (including phenoxy) is 2. The molecule has 2 amide bonds. The molecule has 0 fully saturated rings. The highest BCUT2D eigenvalue weighted by molar-refractivity contribution is 8.00. The molecule has 0 radical (unpaired) electrons. The van der Waals surface area contributed by atoms with Crippen molar-refractivity contribution in [3.63, 3.8) is 0 Å². The summed E-state index contributed by atoms with van der Waals surface area (Å²) in [7, 11) is -4.19. The van der Waals surface area contributed by atoms with Crippen LogP contribution in [0.2, 0.25) is 10.0 Å². The van der Waals surface area contributed by atoms with Gasteiger partial charge in [0.25, 0.3) is 11.8 Å². The first-order chi connectivity index (χ1) is 32.1. The first kappa shape index (κ1) is 49.1. The first-order valence-electron chi connectivity index (χ1n) is 19.7. The number of aryl methyl sites for hydroxylation is 2. The number of hydrogen-bond acceptors (Lipinski definition) is 12. The number of primary sulfonamides is 1. The summed E-state index contributed by atoms with van der Waals surface area (Å²) in [4.78, 5) is 62.1. The van der Waals surface area contributed by atoms with E-state index in [2.05, 4.69) is 15.6 Å². The number of ketones is 2. The van der Waals surface area contributed by atoms with Crippen LogP contribution in [0.4, 0.5) is 24.5 Å². The van der Waals surface area contributed by atoms with E-state index >= 15 is 0 Å². The van der Waals surface area contributed by atoms with Crippen molar-refractivity contribution in [2.24, 2.45) is 5.14 Å². The van der Waals surface area contributed by atoms with Crippen LogP contribution in [0.15, 0.2) is 131 Å². The Labute approximate surface area is 404 Å². The Morgan fingerprint density at radius 2 is 1.35 bits per heavy atom. The van der Waals surface area contributed by atoms with Crippen molar-refractivity contribution in [3.8, 4) is 17.6 Å². The molecule has 0 aliphatic carbocycles. The molecule has 0 aliphatic rings. The maximum atomic E-state index is 14.9. The second-order valence-electron chi connectivity index (χ2n) is 14.7. The van der Waals surface area contributed by atoms with Crippen molar-refractivity contribution in [3.05, 3.63) is 170 Å². The van der Waals surface area contributed by atoms with Gasteiger partial charge in [-0.05, 0) is 128 Å². The number of alkyl halides is 3. The van der Waals surface area contributed by atoms with Crippen LogP contribution in [-0.4, -0.2) is 54.5 Å². The van der Waals surface area contributed by atoms with Gasteiger partial charge in [-0.15, -0.1) is 11.3 Å². The number of hydrogen-bond donors (Lipinski definition) is 3. The average Bonchev–Trinajstić information content (AvgIpc) is 3.66. The lowest BCUT2D eigenvalue weighted by Gasteiger charge is -2.28. The molecule has 7 aromatic rings. The minimum atomic E-state index is -4.68. The van der Waals surface area contributed by atoms with E-state index in [1.165, 1.54) is 97.1 Å². The number of nitrogens with zero attached hydrogens (tertiary/aromatic N) is 2. The molecule has 2 unspecified atom stereocenters. The van der Waals surface area contributed by atoms with E-state index in [0.29, 0.717) is 5.52 Å². The summed E-state index contributed by atoms with van der Waals surface area (Å²) in [5.74, 6) is -4.45. The number of fused-ring (bicyclic) bond motifs is 1. The number of carbonyl (C=O) groups excluding carboxylic acids is 4. The summed E-state index contributed by atoms with van der Waals surface area (Å²) in [6, 6.07) is 28.3. The fourth-order valence-corrected chi connectivity index (χ4v) is 9.06. The number of benzene rings is 6. The summed E-state index contributed by atoms with van der Waals surface area (Å²) in [5.41, 5.74) is -4.34. The maximum Gasteiger partial charge on any atom is 0.446 e. The van der Waals surface area contributed by atoms with Crippen LogP contribution in [0, 0.1) is 25.2 Å². The quantitative estimate of drug-likeness (QED) is 0.0650. The van der Waals surface area contributed by atoms with Gasteiger partial charge in [-0.2, -0.15) is 18.4 Å². The van der Waals surface area contributed by atoms with E-state index in [9.17, 15) is 46.0 Å². The zero-order valence-corrected chi connectivity index (χ0v) is 39.0. The highest BCUT2D eigenvalue weighted by Crippen LogP contribution is 2.38. The molecule has 2 atom stereocenters. The predicted octanol–water partition coefficient (Wildman–Crippen LogP) is 10.3. The molecule has 68 heavy (non-hydrogen) atoms. The number of carbonyl (C=O) groups is 4. The van der Waals surface area contributed by atoms with Crippen LogP contribution in [0.5, 0.6) is 11.5 Å². The molecule has 0 saturated carbocycles. The number of nitriles is 1. The van der Waals surface area contributed by atoms with Crippen molar-refractivity contribution in [1.82, 2.24) is 4.98 Å². The Morgan fingerprint density at radius 3 is 1.93 bits per heavy atom. The number of thiazole rings is 1. The minimum Gasteiger partial charge on any atom is -0.475 e. The number of halogens is 5. The van der Waals surface area contributed by atoms with Gasteiger partial charge in [0, 0.05) is 37.4 Å². The standard InChI is InChI=1S/C47H32Cl2F3N5O8S3/c1-24-17-33(68(54,62)63)12-13-36(24)57-46(61)44(65-39-15-10-30(49)21-35(39)42(59)28-7-4-8-32(19-28)67-47(50,51)52)43(45(60)56-31-11-16-40-37(22-31)55-25(2)66-40)64-38-14-9-29(48)20-34(38)41(58)27-6-3-5-26(18-27)23-53/h3-22,43-44H,1-2H3,(H,56,60)(H,57,61)(H2,54,62,63). The van der Waals surface area contributed by atoms with Gasteiger partial charge in [-0.1, -0.05) is 47.5 Å². The summed E-state index contributed by atoms with van der Waals surface area (Å²) >= 11 is 13.7. The lowest BCUT2D eigenvalue weighted by Crippen LogP contribution is -2.52. The molecule has 13 nitrogen and oxygen atoms in total. The topological polar surface area (TPSA) is 208 Å². The van der Waals surface area contributed by atoms with E-state index in [1.807, 2.05) is 6.07 Å². The zero-order chi connectivity index (χ0) is 49.1. The van der Waals surface area contributed by atoms with Gasteiger partial charge in [0.05, 0.1) is 42.9 Å². The highest BCUT2D eigenvalue weighted by Gasteiger charge is 2.40.